The number of aliphatic carboxylic acids is 1. The van der Waals surface area contributed by atoms with E-state index in [0.717, 1.165) is 11.3 Å². The number of rotatable bonds is 7. The van der Waals surface area contributed by atoms with Crippen LogP contribution in [0.2, 0.25) is 0 Å². The van der Waals surface area contributed by atoms with Crippen molar-refractivity contribution in [1.29, 1.82) is 0 Å². The maximum absolute atomic E-state index is 12.1. The molecule has 8 nitrogen and oxygen atoms in total. The molecule has 0 aliphatic rings. The van der Waals surface area contributed by atoms with Gasteiger partial charge in [0.25, 0.3) is 5.91 Å². The number of aryl methyl sites for hydroxylation is 1. The van der Waals surface area contributed by atoms with Crippen molar-refractivity contribution in [1.82, 2.24) is 20.3 Å². The minimum Gasteiger partial charge on any atom is -0.480 e. The van der Waals surface area contributed by atoms with Crippen LogP contribution in [0.1, 0.15) is 21.7 Å². The molecule has 0 radical (unpaired) electrons. The summed E-state index contributed by atoms with van der Waals surface area (Å²) in [6.07, 6.45) is 0. The minimum absolute atomic E-state index is 0.114. The topological polar surface area (TPSA) is 106 Å². The largest absolute Gasteiger partial charge is 0.480 e. The zero-order chi connectivity index (χ0) is 16.8. The molecule has 1 aromatic carbocycles. The fraction of sp³-hybridized carbons (Fsp3) is 0.333. The quantitative estimate of drug-likeness (QED) is 0.728. The molecule has 0 unspecified atom stereocenters. The number of benzene rings is 1. The Bertz CT molecular complexity index is 711. The van der Waals surface area contributed by atoms with E-state index < -0.39 is 12.6 Å². The van der Waals surface area contributed by atoms with Gasteiger partial charge < -0.3 is 15.2 Å². The van der Waals surface area contributed by atoms with Crippen LogP contribution in [0.3, 0.4) is 0 Å². The van der Waals surface area contributed by atoms with Crippen molar-refractivity contribution in [2.45, 2.75) is 13.8 Å². The third kappa shape index (κ3) is 4.36. The molecule has 8 heteroatoms. The molecule has 0 atom stereocenters. The SMILES string of the molecule is Cc1cccc(-n2nnc(C(=O)NCCOCC(=O)O)c2C)c1. The first-order valence-corrected chi connectivity index (χ1v) is 7.06. The van der Waals surface area contributed by atoms with Gasteiger partial charge in [-0.1, -0.05) is 17.3 Å². The Morgan fingerprint density at radius 3 is 2.83 bits per heavy atom. The molecular formula is C15H18N4O4. The number of nitrogens with zero attached hydrogens (tertiary/aromatic N) is 3. The van der Waals surface area contributed by atoms with Crippen molar-refractivity contribution in [2.24, 2.45) is 0 Å². The molecule has 0 aliphatic carbocycles. The molecule has 1 heterocycles. The summed E-state index contributed by atoms with van der Waals surface area (Å²) in [5.41, 5.74) is 2.77. The standard InChI is InChI=1S/C15H18N4O4/c1-10-4-3-5-12(8-10)19-11(2)14(17-18-19)15(22)16-6-7-23-9-13(20)21/h3-5,8H,6-7,9H2,1-2H3,(H,16,22)(H,20,21). The van der Waals surface area contributed by atoms with Crippen LogP contribution in [0.5, 0.6) is 0 Å². The Hall–Kier alpha value is -2.74. The smallest absolute Gasteiger partial charge is 0.329 e. The average Bonchev–Trinajstić information content (AvgIpc) is 2.88. The average molecular weight is 318 g/mol. The number of hydrogen-bond acceptors (Lipinski definition) is 5. The highest BCUT2D eigenvalue weighted by Crippen LogP contribution is 2.13. The lowest BCUT2D eigenvalue weighted by atomic mass is 10.2. The molecule has 0 spiro atoms. The molecule has 0 saturated heterocycles. The number of aromatic nitrogens is 3. The van der Waals surface area contributed by atoms with E-state index in [1.165, 1.54) is 0 Å². The highest BCUT2D eigenvalue weighted by molar-refractivity contribution is 5.93. The second-order valence-electron chi connectivity index (χ2n) is 4.98. The van der Waals surface area contributed by atoms with Crippen molar-refractivity contribution >= 4 is 11.9 Å². The summed E-state index contributed by atoms with van der Waals surface area (Å²) in [5, 5.41) is 19.0. The second-order valence-corrected chi connectivity index (χ2v) is 4.98. The lowest BCUT2D eigenvalue weighted by Crippen LogP contribution is -2.28. The van der Waals surface area contributed by atoms with E-state index in [1.807, 2.05) is 31.2 Å². The number of ether oxygens (including phenoxy) is 1. The van der Waals surface area contributed by atoms with Crippen LogP contribution in [0.15, 0.2) is 24.3 Å². The summed E-state index contributed by atoms with van der Waals surface area (Å²) in [6.45, 7) is 3.66. The summed E-state index contributed by atoms with van der Waals surface area (Å²) in [6, 6.07) is 7.71. The molecule has 0 aliphatic heterocycles. The van der Waals surface area contributed by atoms with E-state index in [-0.39, 0.29) is 24.8 Å². The molecule has 0 fully saturated rings. The molecule has 2 aromatic rings. The summed E-state index contributed by atoms with van der Waals surface area (Å²) in [7, 11) is 0. The van der Waals surface area contributed by atoms with E-state index >= 15 is 0 Å². The first-order valence-electron chi connectivity index (χ1n) is 7.06. The first-order chi connectivity index (χ1) is 11.0. The summed E-state index contributed by atoms with van der Waals surface area (Å²) < 4.78 is 6.44. The van der Waals surface area contributed by atoms with E-state index in [1.54, 1.807) is 11.6 Å². The van der Waals surface area contributed by atoms with Gasteiger partial charge >= 0.3 is 5.97 Å². The predicted molar refractivity (Wildman–Crippen MR) is 81.6 cm³/mol. The van der Waals surface area contributed by atoms with Gasteiger partial charge in [-0.25, -0.2) is 9.48 Å². The maximum atomic E-state index is 12.1. The van der Waals surface area contributed by atoms with E-state index in [4.69, 9.17) is 9.84 Å². The second kappa shape index (κ2) is 7.50. The van der Waals surface area contributed by atoms with Crippen molar-refractivity contribution in [3.8, 4) is 5.69 Å². The van der Waals surface area contributed by atoms with Gasteiger partial charge in [0.05, 0.1) is 18.0 Å². The summed E-state index contributed by atoms with van der Waals surface area (Å²) in [5.74, 6) is -1.42. The Morgan fingerprint density at radius 2 is 2.13 bits per heavy atom. The fourth-order valence-electron chi connectivity index (χ4n) is 2.02. The van der Waals surface area contributed by atoms with Crippen LogP contribution in [-0.2, 0) is 9.53 Å². The van der Waals surface area contributed by atoms with E-state index in [2.05, 4.69) is 15.6 Å². The van der Waals surface area contributed by atoms with Gasteiger partial charge in [0.1, 0.15) is 6.61 Å². The molecule has 0 bridgehead atoms. The van der Waals surface area contributed by atoms with Crippen LogP contribution in [0.25, 0.3) is 5.69 Å². The molecule has 2 N–H and O–H groups in total. The van der Waals surface area contributed by atoms with Gasteiger partial charge in [-0.2, -0.15) is 0 Å². The van der Waals surface area contributed by atoms with Gasteiger partial charge in [0.15, 0.2) is 5.69 Å². The number of carboxylic acids is 1. The number of nitrogens with one attached hydrogen (secondary N) is 1. The van der Waals surface area contributed by atoms with Crippen LogP contribution < -0.4 is 5.32 Å². The number of carbonyl (C=O) groups excluding carboxylic acids is 1. The highest BCUT2D eigenvalue weighted by atomic mass is 16.5. The zero-order valence-electron chi connectivity index (χ0n) is 12.9. The van der Waals surface area contributed by atoms with Crippen LogP contribution in [-0.4, -0.2) is 51.7 Å². The van der Waals surface area contributed by atoms with Crippen molar-refractivity contribution in [3.05, 3.63) is 41.2 Å². The van der Waals surface area contributed by atoms with Crippen molar-refractivity contribution in [2.75, 3.05) is 19.8 Å². The Morgan fingerprint density at radius 1 is 1.35 bits per heavy atom. The monoisotopic (exact) mass is 318 g/mol. The van der Waals surface area contributed by atoms with Gasteiger partial charge in [-0.15, -0.1) is 5.10 Å². The summed E-state index contributed by atoms with van der Waals surface area (Å²) >= 11 is 0. The first kappa shape index (κ1) is 16.6. The van der Waals surface area contributed by atoms with Gasteiger partial charge in [-0.05, 0) is 31.5 Å². The van der Waals surface area contributed by atoms with Gasteiger partial charge in [-0.3, -0.25) is 4.79 Å². The predicted octanol–water partition coefficient (Wildman–Crippen LogP) is 0.715. The number of hydrogen-bond donors (Lipinski definition) is 2. The Kier molecular flexibility index (Phi) is 5.42. The molecular weight excluding hydrogens is 300 g/mol. The molecule has 0 saturated carbocycles. The molecule has 2 rings (SSSR count). The van der Waals surface area contributed by atoms with Crippen LogP contribution >= 0.6 is 0 Å². The lowest BCUT2D eigenvalue weighted by Gasteiger charge is -2.06. The van der Waals surface area contributed by atoms with Gasteiger partial charge in [0.2, 0.25) is 0 Å². The maximum Gasteiger partial charge on any atom is 0.329 e. The normalized spacial score (nSPS) is 10.5. The third-order valence-electron chi connectivity index (χ3n) is 3.11. The summed E-state index contributed by atoms with van der Waals surface area (Å²) in [4.78, 5) is 22.4. The molecule has 1 amide bonds. The lowest BCUT2D eigenvalue weighted by molar-refractivity contribution is -0.142. The van der Waals surface area contributed by atoms with Crippen LogP contribution in [0.4, 0.5) is 0 Å². The van der Waals surface area contributed by atoms with Gasteiger partial charge in [0, 0.05) is 6.54 Å². The number of carbonyl (C=O) groups is 2. The van der Waals surface area contributed by atoms with Crippen molar-refractivity contribution in [3.63, 3.8) is 0 Å². The zero-order valence-corrected chi connectivity index (χ0v) is 12.9. The van der Waals surface area contributed by atoms with E-state index in [0.29, 0.717) is 5.69 Å². The highest BCUT2D eigenvalue weighted by Gasteiger charge is 2.16. The minimum atomic E-state index is -1.05. The number of carboxylic acid groups (broad SMARTS) is 1. The van der Waals surface area contributed by atoms with E-state index in [9.17, 15) is 9.59 Å². The number of amides is 1. The third-order valence-corrected chi connectivity index (χ3v) is 3.11. The van der Waals surface area contributed by atoms with Crippen LogP contribution in [0, 0.1) is 13.8 Å². The molecule has 122 valence electrons. The molecule has 23 heavy (non-hydrogen) atoms. The fourth-order valence-corrected chi connectivity index (χ4v) is 2.02. The Labute approximate surface area is 133 Å². The Balaban J connectivity index is 1.98. The van der Waals surface area contributed by atoms with Crippen molar-refractivity contribution < 1.29 is 19.4 Å². The molecule has 1 aromatic heterocycles.